The highest BCUT2D eigenvalue weighted by Gasteiger charge is 2.53. The van der Waals surface area contributed by atoms with E-state index in [-0.39, 0.29) is 11.9 Å². The van der Waals surface area contributed by atoms with Gasteiger partial charge in [-0.25, -0.2) is 9.69 Å². The van der Waals surface area contributed by atoms with Gasteiger partial charge in [-0.1, -0.05) is 43.5 Å². The van der Waals surface area contributed by atoms with Crippen LogP contribution in [0.4, 0.5) is 4.79 Å². The quantitative estimate of drug-likeness (QED) is 0.846. The van der Waals surface area contributed by atoms with Crippen molar-refractivity contribution < 1.29 is 9.59 Å². The van der Waals surface area contributed by atoms with Crippen LogP contribution >= 0.6 is 0 Å². The molecule has 0 aromatic heterocycles. The van der Waals surface area contributed by atoms with E-state index in [1.807, 2.05) is 25.2 Å². The number of imide groups is 1. The molecule has 1 spiro atoms. The summed E-state index contributed by atoms with van der Waals surface area (Å²) in [6, 6.07) is 8.35. The van der Waals surface area contributed by atoms with Gasteiger partial charge in [-0.15, -0.1) is 0 Å². The fourth-order valence-electron chi connectivity index (χ4n) is 4.96. The van der Waals surface area contributed by atoms with E-state index in [1.165, 1.54) is 29.7 Å². The summed E-state index contributed by atoms with van der Waals surface area (Å²) in [5.41, 5.74) is 1.33. The van der Waals surface area contributed by atoms with E-state index in [0.29, 0.717) is 19.1 Å². The topological polar surface area (TPSA) is 52.6 Å². The average Bonchev–Trinajstić information content (AvgIpc) is 2.82. The van der Waals surface area contributed by atoms with Crippen molar-refractivity contribution in [2.45, 2.75) is 69.4 Å². The fourth-order valence-corrected chi connectivity index (χ4v) is 4.96. The monoisotopic (exact) mass is 355 g/mol. The number of nitrogens with one attached hydrogen (secondary N) is 1. The summed E-state index contributed by atoms with van der Waals surface area (Å²) in [5.74, 6) is -0.0699. The number of hydrogen-bond acceptors (Lipinski definition) is 3. The number of fused-ring (bicyclic) bond motifs is 2. The molecule has 1 heterocycles. The van der Waals surface area contributed by atoms with Gasteiger partial charge in [-0.05, 0) is 56.7 Å². The van der Waals surface area contributed by atoms with Crippen molar-refractivity contribution in [1.82, 2.24) is 15.1 Å². The Morgan fingerprint density at radius 1 is 1.12 bits per heavy atom. The van der Waals surface area contributed by atoms with Crippen LogP contribution in [-0.4, -0.2) is 41.5 Å². The second kappa shape index (κ2) is 7.03. The zero-order chi connectivity index (χ0) is 18.1. The molecule has 0 bridgehead atoms. The number of rotatable bonds is 3. The third-order valence-electron chi connectivity index (χ3n) is 6.46. The lowest BCUT2D eigenvalue weighted by Gasteiger charge is -2.33. The minimum absolute atomic E-state index is 0.0699. The predicted molar refractivity (Wildman–Crippen MR) is 101 cm³/mol. The first-order chi connectivity index (χ1) is 12.6. The van der Waals surface area contributed by atoms with Gasteiger partial charge >= 0.3 is 6.03 Å². The molecule has 4 rings (SSSR count). The normalized spacial score (nSPS) is 26.9. The SMILES string of the molecule is CN(CN1C(=O)NC2(CCCCc3ccccc32)C1=O)C1CCCCC1. The molecule has 5 heteroatoms. The van der Waals surface area contributed by atoms with Crippen LogP contribution in [0.1, 0.15) is 62.5 Å². The number of aryl methyl sites for hydroxylation is 1. The van der Waals surface area contributed by atoms with Gasteiger partial charge in [-0.3, -0.25) is 9.69 Å². The zero-order valence-corrected chi connectivity index (χ0v) is 15.7. The predicted octanol–water partition coefficient (Wildman–Crippen LogP) is 3.38. The number of carbonyl (C=O) groups is 2. The van der Waals surface area contributed by atoms with Crippen LogP contribution in [0.15, 0.2) is 24.3 Å². The first kappa shape index (κ1) is 17.5. The first-order valence-electron chi connectivity index (χ1n) is 10.0. The van der Waals surface area contributed by atoms with E-state index >= 15 is 0 Å². The molecule has 140 valence electrons. The lowest BCUT2D eigenvalue weighted by molar-refractivity contribution is -0.133. The number of amides is 3. The van der Waals surface area contributed by atoms with Crippen LogP contribution in [0.2, 0.25) is 0 Å². The first-order valence-corrected chi connectivity index (χ1v) is 10.0. The summed E-state index contributed by atoms with van der Waals surface area (Å²) in [6.45, 7) is 0.388. The fraction of sp³-hybridized carbons (Fsp3) is 0.619. The highest BCUT2D eigenvalue weighted by molar-refractivity contribution is 6.07. The van der Waals surface area contributed by atoms with E-state index in [4.69, 9.17) is 0 Å². The molecule has 26 heavy (non-hydrogen) atoms. The molecule has 1 atom stereocenters. The van der Waals surface area contributed by atoms with Crippen molar-refractivity contribution in [1.29, 1.82) is 0 Å². The summed E-state index contributed by atoms with van der Waals surface area (Å²) < 4.78 is 0. The molecule has 3 amide bonds. The number of benzene rings is 1. The molecule has 1 aromatic rings. The van der Waals surface area contributed by atoms with Crippen molar-refractivity contribution in [2.75, 3.05) is 13.7 Å². The molecular formula is C21H29N3O2. The highest BCUT2D eigenvalue weighted by Crippen LogP contribution is 2.39. The van der Waals surface area contributed by atoms with Gasteiger partial charge < -0.3 is 5.32 Å². The molecule has 1 aromatic carbocycles. The van der Waals surface area contributed by atoms with E-state index in [0.717, 1.165) is 37.7 Å². The minimum atomic E-state index is -0.864. The van der Waals surface area contributed by atoms with Gasteiger partial charge in [-0.2, -0.15) is 0 Å². The summed E-state index contributed by atoms with van der Waals surface area (Å²) in [4.78, 5) is 29.8. The Hall–Kier alpha value is -1.88. The Balaban J connectivity index is 1.59. The van der Waals surface area contributed by atoms with Crippen LogP contribution in [0.5, 0.6) is 0 Å². The van der Waals surface area contributed by atoms with Gasteiger partial charge in [0.1, 0.15) is 5.54 Å². The summed E-state index contributed by atoms with van der Waals surface area (Å²) in [6.07, 6.45) is 9.78. The number of nitrogens with zero attached hydrogens (tertiary/aromatic N) is 2. The standard InChI is InChI=1S/C21H29N3O2/c1-23(17-11-3-2-4-12-17)15-24-19(25)21(22-20(24)26)14-8-7-10-16-9-5-6-13-18(16)21/h5-6,9,13,17H,2-4,7-8,10-12,14-15H2,1H3,(H,22,26). The zero-order valence-electron chi connectivity index (χ0n) is 15.7. The molecule has 1 aliphatic heterocycles. The number of carbonyl (C=O) groups excluding carboxylic acids is 2. The van der Waals surface area contributed by atoms with Crippen molar-refractivity contribution in [3.63, 3.8) is 0 Å². The Labute approximate surface area is 155 Å². The second-order valence-corrected chi connectivity index (χ2v) is 8.12. The Morgan fingerprint density at radius 3 is 2.69 bits per heavy atom. The van der Waals surface area contributed by atoms with Crippen molar-refractivity contribution >= 4 is 11.9 Å². The molecule has 3 aliphatic rings. The maximum absolute atomic E-state index is 13.4. The van der Waals surface area contributed by atoms with Gasteiger partial charge in [0.05, 0.1) is 6.67 Å². The maximum atomic E-state index is 13.4. The number of hydrogen-bond donors (Lipinski definition) is 1. The highest BCUT2D eigenvalue weighted by atomic mass is 16.2. The van der Waals surface area contributed by atoms with Crippen molar-refractivity contribution in [3.8, 4) is 0 Å². The number of urea groups is 1. The third kappa shape index (κ3) is 2.92. The van der Waals surface area contributed by atoms with E-state index in [1.54, 1.807) is 0 Å². The average molecular weight is 355 g/mol. The van der Waals surface area contributed by atoms with Gasteiger partial charge in [0.2, 0.25) is 0 Å². The lowest BCUT2D eigenvalue weighted by Crippen LogP contribution is -2.47. The molecule has 1 N–H and O–H groups in total. The van der Waals surface area contributed by atoms with Crippen LogP contribution in [0.25, 0.3) is 0 Å². The molecule has 0 radical (unpaired) electrons. The molecular weight excluding hydrogens is 326 g/mol. The molecule has 2 aliphatic carbocycles. The Morgan fingerprint density at radius 2 is 1.88 bits per heavy atom. The summed E-state index contributed by atoms with van der Waals surface area (Å²) >= 11 is 0. The van der Waals surface area contributed by atoms with Crippen LogP contribution in [0, 0.1) is 0 Å². The Bertz CT molecular complexity index is 698. The van der Waals surface area contributed by atoms with Gasteiger partial charge in [0.15, 0.2) is 0 Å². The largest absolute Gasteiger partial charge is 0.326 e. The van der Waals surface area contributed by atoms with Crippen LogP contribution in [0.3, 0.4) is 0 Å². The third-order valence-corrected chi connectivity index (χ3v) is 6.46. The molecule has 1 saturated heterocycles. The lowest BCUT2D eigenvalue weighted by atomic mass is 9.84. The second-order valence-electron chi connectivity index (χ2n) is 8.12. The maximum Gasteiger partial charge on any atom is 0.326 e. The Kier molecular flexibility index (Phi) is 4.74. The molecule has 1 unspecified atom stereocenters. The molecule has 2 fully saturated rings. The molecule has 5 nitrogen and oxygen atoms in total. The van der Waals surface area contributed by atoms with Crippen molar-refractivity contribution in [2.24, 2.45) is 0 Å². The van der Waals surface area contributed by atoms with E-state index in [2.05, 4.69) is 16.3 Å². The smallest absolute Gasteiger partial charge is 0.319 e. The van der Waals surface area contributed by atoms with Crippen LogP contribution < -0.4 is 5.32 Å². The minimum Gasteiger partial charge on any atom is -0.319 e. The van der Waals surface area contributed by atoms with Crippen LogP contribution in [-0.2, 0) is 16.8 Å². The summed E-state index contributed by atoms with van der Waals surface area (Å²) in [5, 5.41) is 3.08. The van der Waals surface area contributed by atoms with Crippen molar-refractivity contribution in [3.05, 3.63) is 35.4 Å². The van der Waals surface area contributed by atoms with Gasteiger partial charge in [0, 0.05) is 6.04 Å². The van der Waals surface area contributed by atoms with E-state index < -0.39 is 5.54 Å². The van der Waals surface area contributed by atoms with Gasteiger partial charge in [0.25, 0.3) is 5.91 Å². The van der Waals surface area contributed by atoms with E-state index in [9.17, 15) is 9.59 Å². The molecule has 1 saturated carbocycles. The summed E-state index contributed by atoms with van der Waals surface area (Å²) in [7, 11) is 2.04.